The predicted molar refractivity (Wildman–Crippen MR) is 102 cm³/mol. The summed E-state index contributed by atoms with van der Waals surface area (Å²) in [5, 5.41) is 3.53. The van der Waals surface area contributed by atoms with E-state index in [1.165, 1.54) is 0 Å². The molecule has 0 bridgehead atoms. The molecule has 2 amide bonds. The van der Waals surface area contributed by atoms with Crippen LogP contribution in [0.1, 0.15) is 24.0 Å². The summed E-state index contributed by atoms with van der Waals surface area (Å²) in [7, 11) is 0. The van der Waals surface area contributed by atoms with Gasteiger partial charge in [-0.05, 0) is 48.7 Å². The van der Waals surface area contributed by atoms with Gasteiger partial charge in [-0.25, -0.2) is 0 Å². The van der Waals surface area contributed by atoms with E-state index in [4.69, 9.17) is 16.3 Å². The number of hydrogen-bond acceptors (Lipinski definition) is 3. The molecule has 0 aromatic heterocycles. The number of hydrogen-bond donors (Lipinski definition) is 1. The van der Waals surface area contributed by atoms with E-state index in [1.54, 1.807) is 11.0 Å². The van der Waals surface area contributed by atoms with Gasteiger partial charge >= 0.3 is 0 Å². The largest absolute Gasteiger partial charge is 0.482 e. The van der Waals surface area contributed by atoms with E-state index < -0.39 is 0 Å². The van der Waals surface area contributed by atoms with Crippen LogP contribution in [0.5, 0.6) is 5.75 Å². The van der Waals surface area contributed by atoms with Crippen LogP contribution >= 0.6 is 11.6 Å². The molecule has 1 heterocycles. The van der Waals surface area contributed by atoms with Gasteiger partial charge in [0.25, 0.3) is 5.91 Å². The first-order chi connectivity index (χ1) is 12.5. The van der Waals surface area contributed by atoms with Crippen molar-refractivity contribution in [3.8, 4) is 5.75 Å². The second kappa shape index (κ2) is 8.23. The van der Waals surface area contributed by atoms with Gasteiger partial charge in [0, 0.05) is 24.5 Å². The van der Waals surface area contributed by atoms with Crippen LogP contribution in [-0.4, -0.2) is 25.0 Å². The molecule has 2 aromatic carbocycles. The molecule has 0 saturated heterocycles. The van der Waals surface area contributed by atoms with Crippen molar-refractivity contribution in [2.45, 2.75) is 26.3 Å². The second-order valence-corrected chi connectivity index (χ2v) is 6.75. The molecule has 0 atom stereocenters. The number of rotatable bonds is 6. The van der Waals surface area contributed by atoms with Crippen molar-refractivity contribution in [3.05, 3.63) is 58.6 Å². The van der Waals surface area contributed by atoms with Gasteiger partial charge in [0.15, 0.2) is 6.61 Å². The van der Waals surface area contributed by atoms with Crippen LogP contribution < -0.4 is 15.0 Å². The average Bonchev–Trinajstić information content (AvgIpc) is 2.62. The second-order valence-electron chi connectivity index (χ2n) is 6.32. The van der Waals surface area contributed by atoms with E-state index in [0.29, 0.717) is 36.7 Å². The first-order valence-corrected chi connectivity index (χ1v) is 8.96. The van der Waals surface area contributed by atoms with Gasteiger partial charge in [-0.3, -0.25) is 9.59 Å². The lowest BCUT2D eigenvalue weighted by molar-refractivity contribution is -0.123. The summed E-state index contributed by atoms with van der Waals surface area (Å²) >= 11 is 5.94. The fourth-order valence-corrected chi connectivity index (χ4v) is 3.10. The molecule has 6 heteroatoms. The number of anilines is 1. The number of ether oxygens (including phenoxy) is 1. The smallest absolute Gasteiger partial charge is 0.265 e. The van der Waals surface area contributed by atoms with Crippen molar-refractivity contribution in [1.29, 1.82) is 0 Å². The molecule has 1 aliphatic heterocycles. The van der Waals surface area contributed by atoms with Gasteiger partial charge in [-0.15, -0.1) is 0 Å². The molecule has 136 valence electrons. The normalized spacial score (nSPS) is 13.2. The Hall–Kier alpha value is -2.53. The molecular weight excluding hydrogens is 352 g/mol. The van der Waals surface area contributed by atoms with E-state index in [9.17, 15) is 9.59 Å². The lowest BCUT2D eigenvalue weighted by Crippen LogP contribution is -2.39. The first-order valence-electron chi connectivity index (χ1n) is 8.58. The summed E-state index contributed by atoms with van der Waals surface area (Å²) in [6, 6.07) is 13.2. The number of amides is 2. The summed E-state index contributed by atoms with van der Waals surface area (Å²) in [6.45, 7) is 2.94. The zero-order chi connectivity index (χ0) is 18.5. The number of carbonyl (C=O) groups is 2. The molecule has 2 aromatic rings. The van der Waals surface area contributed by atoms with Crippen molar-refractivity contribution in [3.63, 3.8) is 0 Å². The van der Waals surface area contributed by atoms with Crippen LogP contribution in [0, 0.1) is 6.92 Å². The number of carbonyl (C=O) groups excluding carboxylic acids is 2. The maximum atomic E-state index is 12.2. The summed E-state index contributed by atoms with van der Waals surface area (Å²) < 4.78 is 5.46. The summed E-state index contributed by atoms with van der Waals surface area (Å²) in [5.41, 5.74) is 2.80. The van der Waals surface area contributed by atoms with Crippen molar-refractivity contribution in [1.82, 2.24) is 5.32 Å². The van der Waals surface area contributed by atoms with Gasteiger partial charge in [0.2, 0.25) is 5.91 Å². The lowest BCUT2D eigenvalue weighted by atomic mass is 10.1. The van der Waals surface area contributed by atoms with E-state index in [1.807, 2.05) is 43.3 Å². The molecule has 0 radical (unpaired) electrons. The number of aryl methyl sites for hydroxylation is 1. The van der Waals surface area contributed by atoms with Crippen LogP contribution in [0.3, 0.4) is 0 Å². The Morgan fingerprint density at radius 1 is 1.27 bits per heavy atom. The molecule has 5 nitrogen and oxygen atoms in total. The van der Waals surface area contributed by atoms with E-state index in [2.05, 4.69) is 5.32 Å². The number of halogens is 1. The van der Waals surface area contributed by atoms with Crippen LogP contribution in [0.25, 0.3) is 0 Å². The van der Waals surface area contributed by atoms with Crippen molar-refractivity contribution in [2.24, 2.45) is 0 Å². The quantitative estimate of drug-likeness (QED) is 0.844. The Morgan fingerprint density at radius 2 is 2.12 bits per heavy atom. The Bertz CT molecular complexity index is 822. The van der Waals surface area contributed by atoms with Gasteiger partial charge in [-0.1, -0.05) is 29.8 Å². The summed E-state index contributed by atoms with van der Waals surface area (Å²) in [5.74, 6) is 0.582. The molecule has 0 unspecified atom stereocenters. The third-order valence-electron chi connectivity index (χ3n) is 4.22. The summed E-state index contributed by atoms with van der Waals surface area (Å²) in [4.78, 5) is 25.9. The topological polar surface area (TPSA) is 58.6 Å². The molecule has 0 fully saturated rings. The van der Waals surface area contributed by atoms with Crippen LogP contribution in [-0.2, 0) is 16.1 Å². The fourth-order valence-electron chi connectivity index (χ4n) is 2.89. The van der Waals surface area contributed by atoms with E-state index in [0.717, 1.165) is 16.8 Å². The average molecular weight is 373 g/mol. The molecule has 0 saturated carbocycles. The standard InChI is InChI=1S/C20H21ClN2O3/c1-14-7-8-18-17(10-14)23(20(25)13-26-18)9-3-6-19(24)22-12-15-4-2-5-16(21)11-15/h2,4-5,7-8,10-11H,3,6,9,12-13H2,1H3,(H,22,24). The highest BCUT2D eigenvalue weighted by Gasteiger charge is 2.25. The Kier molecular flexibility index (Phi) is 5.78. The Labute approximate surface area is 157 Å². The molecule has 1 aliphatic rings. The highest BCUT2D eigenvalue weighted by molar-refractivity contribution is 6.30. The fraction of sp³-hybridized carbons (Fsp3) is 0.300. The summed E-state index contributed by atoms with van der Waals surface area (Å²) in [6.07, 6.45) is 0.937. The Morgan fingerprint density at radius 3 is 2.92 bits per heavy atom. The zero-order valence-corrected chi connectivity index (χ0v) is 15.4. The minimum atomic E-state index is -0.0811. The van der Waals surface area contributed by atoms with Crippen molar-refractivity contribution in [2.75, 3.05) is 18.1 Å². The minimum absolute atomic E-state index is 0.0387. The molecule has 3 rings (SSSR count). The van der Waals surface area contributed by atoms with Crippen LogP contribution in [0.4, 0.5) is 5.69 Å². The Balaban J connectivity index is 1.51. The SMILES string of the molecule is Cc1ccc2c(c1)N(CCCC(=O)NCc1cccc(Cl)c1)C(=O)CO2. The van der Waals surface area contributed by atoms with Crippen molar-refractivity contribution < 1.29 is 14.3 Å². The monoisotopic (exact) mass is 372 g/mol. The van der Waals surface area contributed by atoms with Gasteiger partial charge < -0.3 is 15.0 Å². The minimum Gasteiger partial charge on any atom is -0.482 e. The number of benzene rings is 2. The van der Waals surface area contributed by atoms with E-state index in [-0.39, 0.29) is 18.4 Å². The van der Waals surface area contributed by atoms with Gasteiger partial charge in [-0.2, -0.15) is 0 Å². The lowest BCUT2D eigenvalue weighted by Gasteiger charge is -2.29. The number of nitrogens with zero attached hydrogens (tertiary/aromatic N) is 1. The van der Waals surface area contributed by atoms with E-state index >= 15 is 0 Å². The van der Waals surface area contributed by atoms with Crippen LogP contribution in [0.15, 0.2) is 42.5 Å². The highest BCUT2D eigenvalue weighted by atomic mass is 35.5. The molecule has 0 spiro atoms. The van der Waals surface area contributed by atoms with Crippen molar-refractivity contribution >= 4 is 29.1 Å². The third kappa shape index (κ3) is 4.55. The predicted octanol–water partition coefficient (Wildman–Crippen LogP) is 3.47. The number of fused-ring (bicyclic) bond motifs is 1. The molecule has 26 heavy (non-hydrogen) atoms. The first kappa shape index (κ1) is 18.3. The molecule has 0 aliphatic carbocycles. The maximum Gasteiger partial charge on any atom is 0.265 e. The van der Waals surface area contributed by atoms with Gasteiger partial charge in [0.1, 0.15) is 5.75 Å². The molecule has 1 N–H and O–H groups in total. The van der Waals surface area contributed by atoms with Gasteiger partial charge in [0.05, 0.1) is 5.69 Å². The molecular formula is C20H21ClN2O3. The highest BCUT2D eigenvalue weighted by Crippen LogP contribution is 2.32. The zero-order valence-electron chi connectivity index (χ0n) is 14.6. The third-order valence-corrected chi connectivity index (χ3v) is 4.46. The van der Waals surface area contributed by atoms with Crippen LogP contribution in [0.2, 0.25) is 5.02 Å². The maximum absolute atomic E-state index is 12.2. The number of nitrogens with one attached hydrogen (secondary N) is 1.